The Kier molecular flexibility index (Phi) is 6.11. The Morgan fingerprint density at radius 1 is 1.14 bits per heavy atom. The monoisotopic (exact) mass is 496 g/mol. The Balaban J connectivity index is 1.11. The van der Waals surface area contributed by atoms with E-state index < -0.39 is 0 Å². The van der Waals surface area contributed by atoms with Gasteiger partial charge in [-0.3, -0.25) is 4.90 Å². The first-order chi connectivity index (χ1) is 17.5. The maximum atomic E-state index is 14.3. The number of carbonyl (C=O) groups excluding carboxylic acids is 1. The minimum Gasteiger partial charge on any atom is -0.486 e. The molecular formula is C27H33FN4O4. The van der Waals surface area contributed by atoms with Crippen LogP contribution in [0.15, 0.2) is 30.5 Å². The van der Waals surface area contributed by atoms with Crippen LogP contribution in [0.4, 0.5) is 15.0 Å². The van der Waals surface area contributed by atoms with Crippen molar-refractivity contribution in [2.75, 3.05) is 64.0 Å². The van der Waals surface area contributed by atoms with Gasteiger partial charge in [0.2, 0.25) is 0 Å². The molecule has 1 saturated carbocycles. The predicted octanol–water partition coefficient (Wildman–Crippen LogP) is 3.79. The fraction of sp³-hybridized carbons (Fsp3) is 0.556. The van der Waals surface area contributed by atoms with Crippen LogP contribution in [0.2, 0.25) is 0 Å². The molecule has 1 amide bonds. The van der Waals surface area contributed by atoms with Gasteiger partial charge in [0, 0.05) is 56.3 Å². The van der Waals surface area contributed by atoms with E-state index in [0.717, 1.165) is 68.4 Å². The Bertz CT molecular complexity index is 1130. The van der Waals surface area contributed by atoms with Crippen LogP contribution in [-0.4, -0.2) is 86.0 Å². The SMILES string of the molecule is CCOC(=O)N1CC2(CC[C@@H](N3CCN(c4ncc(F)cc4-c4ccc5c(c4)OCCO5)CC3)C2)C1. The van der Waals surface area contributed by atoms with E-state index in [0.29, 0.717) is 31.6 Å². The molecule has 36 heavy (non-hydrogen) atoms. The number of hydrogen-bond donors (Lipinski definition) is 0. The van der Waals surface area contributed by atoms with Gasteiger partial charge in [0.25, 0.3) is 0 Å². The summed E-state index contributed by atoms with van der Waals surface area (Å²) in [6.07, 6.45) is 4.60. The number of aromatic nitrogens is 1. The quantitative estimate of drug-likeness (QED) is 0.638. The molecule has 0 unspecified atom stereocenters. The molecule has 2 aromatic rings. The summed E-state index contributed by atoms with van der Waals surface area (Å²) in [5.74, 6) is 1.86. The number of amides is 1. The first-order valence-electron chi connectivity index (χ1n) is 13.0. The molecule has 3 aliphatic heterocycles. The number of benzene rings is 1. The molecule has 6 rings (SSSR count). The highest BCUT2D eigenvalue weighted by Gasteiger charge is 2.51. The third-order valence-electron chi connectivity index (χ3n) is 8.07. The molecule has 9 heteroatoms. The molecule has 1 aromatic carbocycles. The normalized spacial score (nSPS) is 23.0. The number of pyridine rings is 1. The minimum absolute atomic E-state index is 0.180. The number of halogens is 1. The van der Waals surface area contributed by atoms with Crippen LogP contribution < -0.4 is 14.4 Å². The first kappa shape index (κ1) is 23.3. The van der Waals surface area contributed by atoms with Crippen LogP contribution in [-0.2, 0) is 4.74 Å². The second-order valence-electron chi connectivity index (χ2n) is 10.4. The topological polar surface area (TPSA) is 67.4 Å². The Morgan fingerprint density at radius 2 is 1.92 bits per heavy atom. The van der Waals surface area contributed by atoms with Crippen molar-refractivity contribution in [1.82, 2.24) is 14.8 Å². The van der Waals surface area contributed by atoms with Crippen molar-refractivity contribution < 1.29 is 23.4 Å². The molecule has 1 spiro atoms. The summed E-state index contributed by atoms with van der Waals surface area (Å²) in [5, 5.41) is 0. The van der Waals surface area contributed by atoms with Gasteiger partial charge in [-0.05, 0) is 49.9 Å². The van der Waals surface area contributed by atoms with Gasteiger partial charge in [0.1, 0.15) is 24.8 Å². The van der Waals surface area contributed by atoms with Crippen molar-refractivity contribution in [2.24, 2.45) is 5.41 Å². The molecule has 1 aliphatic carbocycles. The molecule has 3 fully saturated rings. The molecule has 2 saturated heterocycles. The number of nitrogens with zero attached hydrogens (tertiary/aromatic N) is 4. The highest BCUT2D eigenvalue weighted by Crippen LogP contribution is 2.47. The highest BCUT2D eigenvalue weighted by molar-refractivity contribution is 5.77. The van der Waals surface area contributed by atoms with Gasteiger partial charge >= 0.3 is 6.09 Å². The smallest absolute Gasteiger partial charge is 0.409 e. The Morgan fingerprint density at radius 3 is 2.69 bits per heavy atom. The zero-order valence-corrected chi connectivity index (χ0v) is 20.7. The number of carbonyl (C=O) groups is 1. The van der Waals surface area contributed by atoms with Crippen molar-refractivity contribution in [1.29, 1.82) is 0 Å². The van der Waals surface area contributed by atoms with Crippen LogP contribution >= 0.6 is 0 Å². The van der Waals surface area contributed by atoms with Gasteiger partial charge in [0.15, 0.2) is 11.5 Å². The van der Waals surface area contributed by atoms with Gasteiger partial charge in [-0.25, -0.2) is 14.2 Å². The summed E-state index contributed by atoms with van der Waals surface area (Å²) in [7, 11) is 0. The van der Waals surface area contributed by atoms with Crippen LogP contribution in [0.3, 0.4) is 0 Å². The van der Waals surface area contributed by atoms with Crippen LogP contribution in [0.1, 0.15) is 26.2 Å². The zero-order valence-electron chi connectivity index (χ0n) is 20.7. The number of hydrogen-bond acceptors (Lipinski definition) is 7. The summed E-state index contributed by atoms with van der Waals surface area (Å²) < 4.78 is 30.8. The van der Waals surface area contributed by atoms with Gasteiger partial charge in [-0.2, -0.15) is 0 Å². The molecule has 4 heterocycles. The molecule has 4 aliphatic rings. The highest BCUT2D eigenvalue weighted by atomic mass is 19.1. The lowest BCUT2D eigenvalue weighted by Gasteiger charge is -2.48. The average molecular weight is 497 g/mol. The largest absolute Gasteiger partial charge is 0.486 e. The lowest BCUT2D eigenvalue weighted by atomic mass is 9.78. The molecular weight excluding hydrogens is 463 g/mol. The Hall–Kier alpha value is -3.07. The van der Waals surface area contributed by atoms with E-state index >= 15 is 0 Å². The van der Waals surface area contributed by atoms with Crippen molar-refractivity contribution in [2.45, 2.75) is 32.2 Å². The number of ether oxygens (including phenoxy) is 3. The molecule has 0 radical (unpaired) electrons. The molecule has 1 aromatic heterocycles. The second-order valence-corrected chi connectivity index (χ2v) is 10.4. The Labute approximate surface area is 210 Å². The minimum atomic E-state index is -0.351. The van der Waals surface area contributed by atoms with Crippen molar-refractivity contribution in [3.05, 3.63) is 36.3 Å². The third-order valence-corrected chi connectivity index (χ3v) is 8.07. The van der Waals surface area contributed by atoms with Gasteiger partial charge in [0.05, 0.1) is 12.8 Å². The second kappa shape index (κ2) is 9.42. The van der Waals surface area contributed by atoms with E-state index in [1.165, 1.54) is 19.0 Å². The fourth-order valence-corrected chi connectivity index (χ4v) is 6.29. The average Bonchev–Trinajstić information content (AvgIpc) is 3.34. The summed E-state index contributed by atoms with van der Waals surface area (Å²) in [4.78, 5) is 23.2. The van der Waals surface area contributed by atoms with E-state index in [-0.39, 0.29) is 17.3 Å². The number of fused-ring (bicyclic) bond motifs is 1. The fourth-order valence-electron chi connectivity index (χ4n) is 6.29. The summed E-state index contributed by atoms with van der Waals surface area (Å²) in [5.41, 5.74) is 1.91. The maximum Gasteiger partial charge on any atom is 0.409 e. The van der Waals surface area contributed by atoms with Gasteiger partial charge in [-0.1, -0.05) is 6.07 Å². The first-order valence-corrected chi connectivity index (χ1v) is 13.0. The maximum absolute atomic E-state index is 14.3. The van der Waals surface area contributed by atoms with E-state index in [9.17, 15) is 9.18 Å². The number of piperazine rings is 1. The molecule has 0 bridgehead atoms. The van der Waals surface area contributed by atoms with Crippen LogP contribution in [0.5, 0.6) is 11.5 Å². The molecule has 8 nitrogen and oxygen atoms in total. The van der Waals surface area contributed by atoms with Crippen molar-refractivity contribution >= 4 is 11.9 Å². The zero-order chi connectivity index (χ0) is 24.7. The molecule has 1 atom stereocenters. The summed E-state index contributed by atoms with van der Waals surface area (Å²) in [6.45, 7) is 8.54. The van der Waals surface area contributed by atoms with Crippen molar-refractivity contribution in [3.63, 3.8) is 0 Å². The standard InChI is InChI=1S/C27H33FN4O4/c1-2-34-26(33)32-17-27(18-32)6-5-21(15-27)30-7-9-31(10-8-30)25-22(14-20(28)16-29-25)19-3-4-23-24(13-19)36-12-11-35-23/h3-4,13-14,16,21H,2,5-12,15,17-18H2,1H3/t21-/m1/s1. The van der Waals surface area contributed by atoms with E-state index in [2.05, 4.69) is 14.8 Å². The van der Waals surface area contributed by atoms with E-state index in [1.54, 1.807) is 6.07 Å². The number of rotatable bonds is 4. The van der Waals surface area contributed by atoms with Gasteiger partial charge < -0.3 is 24.0 Å². The summed E-state index contributed by atoms with van der Waals surface area (Å²) >= 11 is 0. The van der Waals surface area contributed by atoms with Gasteiger partial charge in [-0.15, -0.1) is 0 Å². The lowest BCUT2D eigenvalue weighted by Crippen LogP contribution is -2.58. The summed E-state index contributed by atoms with van der Waals surface area (Å²) in [6, 6.07) is 7.86. The molecule has 192 valence electrons. The predicted molar refractivity (Wildman–Crippen MR) is 133 cm³/mol. The number of likely N-dealkylation sites (tertiary alicyclic amines) is 1. The van der Waals surface area contributed by atoms with Crippen LogP contribution in [0, 0.1) is 11.2 Å². The van der Waals surface area contributed by atoms with Crippen molar-refractivity contribution in [3.8, 4) is 22.6 Å². The van der Waals surface area contributed by atoms with E-state index in [4.69, 9.17) is 14.2 Å². The molecule has 0 N–H and O–H groups in total. The van der Waals surface area contributed by atoms with Crippen LogP contribution in [0.25, 0.3) is 11.1 Å². The lowest BCUT2D eigenvalue weighted by molar-refractivity contribution is -0.00294. The number of anilines is 1. The van der Waals surface area contributed by atoms with E-state index in [1.807, 2.05) is 30.0 Å². The third kappa shape index (κ3) is 4.34.